The molecule has 6 heteroatoms. The lowest BCUT2D eigenvalue weighted by atomic mass is 9.79. The number of aromatic nitrogens is 1. The number of carbonyl (C=O) groups is 1. The molecular formula is C27H41N3O3. The van der Waals surface area contributed by atoms with Gasteiger partial charge in [0.05, 0.1) is 19.8 Å². The molecule has 1 amide bonds. The van der Waals surface area contributed by atoms with E-state index in [1.54, 1.807) is 6.92 Å². The van der Waals surface area contributed by atoms with Gasteiger partial charge in [-0.05, 0) is 63.4 Å². The molecule has 1 aliphatic carbocycles. The van der Waals surface area contributed by atoms with Gasteiger partial charge in [0.2, 0.25) is 0 Å². The number of aliphatic hydroxyl groups is 1. The van der Waals surface area contributed by atoms with Crippen LogP contribution in [0.3, 0.4) is 0 Å². The first-order valence-corrected chi connectivity index (χ1v) is 12.9. The van der Waals surface area contributed by atoms with Crippen LogP contribution in [0.5, 0.6) is 0 Å². The fraction of sp³-hybridized carbons (Fsp3) is 0.667. The number of alkyl carbamates (subject to hydrolysis) is 1. The van der Waals surface area contributed by atoms with E-state index in [1.807, 2.05) is 6.07 Å². The Kier molecular flexibility index (Phi) is 7.97. The molecule has 2 aromatic rings. The molecule has 2 fully saturated rings. The Morgan fingerprint density at radius 3 is 2.42 bits per heavy atom. The maximum absolute atomic E-state index is 12.0. The summed E-state index contributed by atoms with van der Waals surface area (Å²) >= 11 is 0. The number of hydrogen-bond acceptors (Lipinski definition) is 4. The molecule has 0 spiro atoms. The van der Waals surface area contributed by atoms with Gasteiger partial charge in [-0.15, -0.1) is 0 Å². The molecule has 6 nitrogen and oxygen atoms in total. The lowest BCUT2D eigenvalue weighted by Gasteiger charge is -2.42. The summed E-state index contributed by atoms with van der Waals surface area (Å²) in [6.45, 7) is 9.45. The van der Waals surface area contributed by atoms with Crippen molar-refractivity contribution < 1.29 is 14.6 Å². The van der Waals surface area contributed by atoms with Gasteiger partial charge in [0, 0.05) is 47.3 Å². The number of nitrogens with zero attached hydrogens (tertiary/aromatic N) is 2. The second-order valence-corrected chi connectivity index (χ2v) is 10.1. The SMILES string of the molecule is CCOC(=O)NCc1c(CO)c2ccccc2n1C1CCN(C2CCC(C(C)C)CC2)CC1. The quantitative estimate of drug-likeness (QED) is 0.600. The Bertz CT molecular complexity index is 922. The van der Waals surface area contributed by atoms with E-state index in [4.69, 9.17) is 4.74 Å². The first-order valence-electron chi connectivity index (χ1n) is 12.9. The Labute approximate surface area is 198 Å². The van der Waals surface area contributed by atoms with Gasteiger partial charge in [-0.25, -0.2) is 4.79 Å². The summed E-state index contributed by atoms with van der Waals surface area (Å²) in [6, 6.07) is 9.41. The number of likely N-dealkylation sites (tertiary alicyclic amines) is 1. The van der Waals surface area contributed by atoms with Crippen LogP contribution in [0.1, 0.15) is 76.6 Å². The fourth-order valence-corrected chi connectivity index (χ4v) is 6.15. The zero-order valence-corrected chi connectivity index (χ0v) is 20.6. The van der Waals surface area contributed by atoms with Gasteiger partial charge in [-0.1, -0.05) is 32.0 Å². The topological polar surface area (TPSA) is 66.7 Å². The van der Waals surface area contributed by atoms with Crippen molar-refractivity contribution in [1.29, 1.82) is 0 Å². The van der Waals surface area contributed by atoms with Crippen molar-refractivity contribution in [3.63, 3.8) is 0 Å². The summed E-state index contributed by atoms with van der Waals surface area (Å²) in [4.78, 5) is 14.7. The number of hydrogen-bond donors (Lipinski definition) is 2. The molecule has 1 saturated heterocycles. The molecule has 1 aromatic carbocycles. The minimum atomic E-state index is -0.412. The third kappa shape index (κ3) is 5.22. The molecule has 1 saturated carbocycles. The number of nitrogens with one attached hydrogen (secondary N) is 1. The monoisotopic (exact) mass is 455 g/mol. The van der Waals surface area contributed by atoms with Gasteiger partial charge in [0.1, 0.15) is 0 Å². The summed E-state index contributed by atoms with van der Waals surface area (Å²) in [5, 5.41) is 14.2. The third-order valence-electron chi connectivity index (χ3n) is 8.03. The molecule has 0 radical (unpaired) electrons. The number of benzene rings is 1. The van der Waals surface area contributed by atoms with E-state index in [0.717, 1.165) is 66.0 Å². The number of fused-ring (bicyclic) bond motifs is 1. The van der Waals surface area contributed by atoms with Crippen LogP contribution in [0.2, 0.25) is 0 Å². The molecule has 2 heterocycles. The predicted octanol–water partition coefficient (Wildman–Crippen LogP) is 5.23. The summed E-state index contributed by atoms with van der Waals surface area (Å²) in [6.07, 6.45) is 7.19. The number of para-hydroxylation sites is 1. The maximum atomic E-state index is 12.0. The fourth-order valence-electron chi connectivity index (χ4n) is 6.15. The van der Waals surface area contributed by atoms with Crippen LogP contribution in [0, 0.1) is 11.8 Å². The number of ether oxygens (including phenoxy) is 1. The third-order valence-corrected chi connectivity index (χ3v) is 8.03. The molecule has 2 aliphatic rings. The van der Waals surface area contributed by atoms with Gasteiger partial charge >= 0.3 is 6.09 Å². The number of aliphatic hydroxyl groups excluding tert-OH is 1. The highest BCUT2D eigenvalue weighted by molar-refractivity contribution is 5.86. The summed E-state index contributed by atoms with van der Waals surface area (Å²) in [7, 11) is 0. The van der Waals surface area contributed by atoms with Crippen molar-refractivity contribution in [2.24, 2.45) is 11.8 Å². The Balaban J connectivity index is 1.50. The van der Waals surface area contributed by atoms with Crippen LogP contribution in [0.15, 0.2) is 24.3 Å². The second-order valence-electron chi connectivity index (χ2n) is 10.1. The molecule has 0 atom stereocenters. The number of rotatable bonds is 7. The number of amides is 1. The zero-order valence-electron chi connectivity index (χ0n) is 20.6. The van der Waals surface area contributed by atoms with E-state index in [0.29, 0.717) is 19.2 Å². The van der Waals surface area contributed by atoms with Crippen LogP contribution in [-0.4, -0.2) is 46.4 Å². The summed E-state index contributed by atoms with van der Waals surface area (Å²) < 4.78 is 7.46. The van der Waals surface area contributed by atoms with Crippen molar-refractivity contribution in [3.8, 4) is 0 Å². The molecule has 33 heavy (non-hydrogen) atoms. The van der Waals surface area contributed by atoms with Crippen LogP contribution >= 0.6 is 0 Å². The molecule has 182 valence electrons. The van der Waals surface area contributed by atoms with Gasteiger partial charge in [-0.3, -0.25) is 0 Å². The summed E-state index contributed by atoms with van der Waals surface area (Å²) in [5.74, 6) is 1.71. The van der Waals surface area contributed by atoms with E-state index in [1.165, 1.54) is 25.7 Å². The first kappa shape index (κ1) is 24.1. The number of piperidine rings is 1. The molecule has 1 aliphatic heterocycles. The average molecular weight is 456 g/mol. The van der Waals surface area contributed by atoms with E-state index in [-0.39, 0.29) is 6.61 Å². The maximum Gasteiger partial charge on any atom is 0.407 e. The van der Waals surface area contributed by atoms with Crippen molar-refractivity contribution in [2.45, 2.75) is 84.5 Å². The van der Waals surface area contributed by atoms with Crippen LogP contribution in [-0.2, 0) is 17.9 Å². The second kappa shape index (κ2) is 10.9. The lowest BCUT2D eigenvalue weighted by molar-refractivity contribution is 0.0887. The molecule has 0 unspecified atom stereocenters. The van der Waals surface area contributed by atoms with E-state index in [2.05, 4.69) is 46.8 Å². The number of carbonyl (C=O) groups excluding carboxylic acids is 1. The first-order chi connectivity index (χ1) is 16.0. The van der Waals surface area contributed by atoms with Crippen molar-refractivity contribution in [1.82, 2.24) is 14.8 Å². The lowest BCUT2D eigenvalue weighted by Crippen LogP contribution is -2.44. The molecule has 0 bridgehead atoms. The normalized spacial score (nSPS) is 22.7. The minimum Gasteiger partial charge on any atom is -0.450 e. The van der Waals surface area contributed by atoms with Crippen LogP contribution in [0.25, 0.3) is 10.9 Å². The highest BCUT2D eigenvalue weighted by atomic mass is 16.5. The molecule has 1 aromatic heterocycles. The Hall–Kier alpha value is -2.05. The average Bonchev–Trinajstić information content (AvgIpc) is 3.16. The van der Waals surface area contributed by atoms with Gasteiger partial charge in [-0.2, -0.15) is 0 Å². The summed E-state index contributed by atoms with van der Waals surface area (Å²) in [5.41, 5.74) is 3.07. The minimum absolute atomic E-state index is 0.0364. The molecule has 4 rings (SSSR count). The molecule has 2 N–H and O–H groups in total. The smallest absolute Gasteiger partial charge is 0.407 e. The zero-order chi connectivity index (χ0) is 23.4. The van der Waals surface area contributed by atoms with E-state index < -0.39 is 6.09 Å². The van der Waals surface area contributed by atoms with Crippen molar-refractivity contribution in [3.05, 3.63) is 35.5 Å². The predicted molar refractivity (Wildman–Crippen MR) is 132 cm³/mol. The highest BCUT2D eigenvalue weighted by Gasteiger charge is 2.31. The van der Waals surface area contributed by atoms with Gasteiger partial charge in [0.15, 0.2) is 0 Å². The Morgan fingerprint density at radius 2 is 1.79 bits per heavy atom. The van der Waals surface area contributed by atoms with Gasteiger partial charge in [0.25, 0.3) is 0 Å². The Morgan fingerprint density at radius 1 is 1.09 bits per heavy atom. The van der Waals surface area contributed by atoms with Crippen molar-refractivity contribution in [2.75, 3.05) is 19.7 Å². The van der Waals surface area contributed by atoms with E-state index in [9.17, 15) is 9.90 Å². The largest absolute Gasteiger partial charge is 0.450 e. The highest BCUT2D eigenvalue weighted by Crippen LogP contribution is 2.37. The van der Waals surface area contributed by atoms with Gasteiger partial charge < -0.3 is 24.6 Å². The van der Waals surface area contributed by atoms with Crippen molar-refractivity contribution >= 4 is 17.0 Å². The standard InChI is InChI=1S/C27H41N3O3/c1-4-33-27(32)28-17-26-24(18-31)23-7-5-6-8-25(23)30(26)22-13-15-29(16-14-22)21-11-9-20(10-12-21)19(2)3/h5-8,19-22,31H,4,9-18H2,1-3H3,(H,28,32). The van der Waals surface area contributed by atoms with Crippen LogP contribution < -0.4 is 5.32 Å². The molecular weight excluding hydrogens is 414 g/mol. The van der Waals surface area contributed by atoms with E-state index >= 15 is 0 Å². The van der Waals surface area contributed by atoms with Crippen LogP contribution in [0.4, 0.5) is 4.79 Å².